The number of hydrogen-bond acceptors (Lipinski definition) is 3. The fourth-order valence-corrected chi connectivity index (χ4v) is 1.55. The number of aryl methyl sites for hydroxylation is 1. The first-order valence-corrected chi connectivity index (χ1v) is 5.28. The summed E-state index contributed by atoms with van der Waals surface area (Å²) in [5.74, 6) is -0.885. The molecule has 0 spiro atoms. The predicted octanol–water partition coefficient (Wildman–Crippen LogP) is 2.17. The van der Waals surface area contributed by atoms with E-state index in [9.17, 15) is 9.90 Å². The highest BCUT2D eigenvalue weighted by molar-refractivity contribution is 5.82. The van der Waals surface area contributed by atoms with Crippen LogP contribution in [0.3, 0.4) is 0 Å². The molecule has 0 aliphatic rings. The molecule has 0 unspecified atom stereocenters. The maximum Gasteiger partial charge on any atom is 0.328 e. The van der Waals surface area contributed by atoms with Crippen LogP contribution in [0.1, 0.15) is 25.0 Å². The lowest BCUT2D eigenvalue weighted by molar-refractivity contribution is -0.142. The van der Waals surface area contributed by atoms with Gasteiger partial charge in [0.25, 0.3) is 0 Å². The van der Waals surface area contributed by atoms with Crippen LogP contribution in [0.4, 0.5) is 5.69 Å². The SMILES string of the molecule is Cc1cc(C#N)ccc1N(C)C(C)(C)C(=O)O. The van der Waals surface area contributed by atoms with Crippen molar-refractivity contribution < 1.29 is 9.90 Å². The molecule has 4 heteroatoms. The van der Waals surface area contributed by atoms with Crippen molar-refractivity contribution in [2.75, 3.05) is 11.9 Å². The number of anilines is 1. The minimum absolute atomic E-state index is 0.577. The molecule has 0 fully saturated rings. The lowest BCUT2D eigenvalue weighted by atomic mass is 10.0. The number of rotatable bonds is 3. The van der Waals surface area contributed by atoms with Gasteiger partial charge in [-0.15, -0.1) is 0 Å². The van der Waals surface area contributed by atoms with Crippen molar-refractivity contribution in [3.05, 3.63) is 29.3 Å². The van der Waals surface area contributed by atoms with Crippen molar-refractivity contribution in [3.8, 4) is 6.07 Å². The Balaban J connectivity index is 3.18. The lowest BCUT2D eigenvalue weighted by Crippen LogP contribution is -2.48. The second-order valence-electron chi connectivity index (χ2n) is 4.54. The molecule has 1 N–H and O–H groups in total. The number of nitriles is 1. The molecule has 0 amide bonds. The normalized spacial score (nSPS) is 10.8. The molecule has 0 saturated carbocycles. The Morgan fingerprint density at radius 2 is 2.06 bits per heavy atom. The summed E-state index contributed by atoms with van der Waals surface area (Å²) in [6, 6.07) is 7.28. The van der Waals surface area contributed by atoms with E-state index in [1.54, 1.807) is 44.0 Å². The Kier molecular flexibility index (Phi) is 3.42. The molecule has 0 heterocycles. The van der Waals surface area contributed by atoms with E-state index in [1.165, 1.54) is 0 Å². The van der Waals surface area contributed by atoms with Crippen molar-refractivity contribution in [1.29, 1.82) is 5.26 Å². The topological polar surface area (TPSA) is 64.3 Å². The molecule has 1 aromatic carbocycles. The van der Waals surface area contributed by atoms with E-state index in [0.717, 1.165) is 11.3 Å². The van der Waals surface area contributed by atoms with Crippen LogP contribution in [0.5, 0.6) is 0 Å². The number of nitrogens with zero attached hydrogens (tertiary/aromatic N) is 2. The first kappa shape index (κ1) is 13.0. The third-order valence-corrected chi connectivity index (χ3v) is 3.05. The van der Waals surface area contributed by atoms with Crippen molar-refractivity contribution in [2.24, 2.45) is 0 Å². The van der Waals surface area contributed by atoms with E-state index < -0.39 is 11.5 Å². The maximum atomic E-state index is 11.2. The predicted molar refractivity (Wildman–Crippen MR) is 66.0 cm³/mol. The van der Waals surface area contributed by atoms with E-state index >= 15 is 0 Å². The number of hydrogen-bond donors (Lipinski definition) is 1. The number of carboxylic acids is 1. The van der Waals surface area contributed by atoms with Gasteiger partial charge in [-0.1, -0.05) is 0 Å². The average molecular weight is 232 g/mol. The summed E-state index contributed by atoms with van der Waals surface area (Å²) in [6.45, 7) is 5.16. The second-order valence-corrected chi connectivity index (χ2v) is 4.54. The van der Waals surface area contributed by atoms with Gasteiger partial charge in [0.05, 0.1) is 11.6 Å². The van der Waals surface area contributed by atoms with Crippen LogP contribution in [-0.2, 0) is 4.79 Å². The zero-order valence-corrected chi connectivity index (χ0v) is 10.5. The summed E-state index contributed by atoms with van der Waals surface area (Å²) in [6.07, 6.45) is 0. The summed E-state index contributed by atoms with van der Waals surface area (Å²) in [4.78, 5) is 12.9. The lowest BCUT2D eigenvalue weighted by Gasteiger charge is -2.34. The van der Waals surface area contributed by atoms with E-state index in [2.05, 4.69) is 6.07 Å². The largest absolute Gasteiger partial charge is 0.480 e. The average Bonchev–Trinajstić information content (AvgIpc) is 2.27. The second kappa shape index (κ2) is 4.46. The van der Waals surface area contributed by atoms with Gasteiger partial charge < -0.3 is 10.0 Å². The summed E-state index contributed by atoms with van der Waals surface area (Å²) >= 11 is 0. The molecule has 0 aliphatic heterocycles. The molecule has 17 heavy (non-hydrogen) atoms. The summed E-state index contributed by atoms with van der Waals surface area (Å²) in [5, 5.41) is 18.0. The third-order valence-electron chi connectivity index (χ3n) is 3.05. The first-order chi connectivity index (χ1) is 7.80. The van der Waals surface area contributed by atoms with Crippen molar-refractivity contribution in [3.63, 3.8) is 0 Å². The third kappa shape index (κ3) is 2.39. The van der Waals surface area contributed by atoms with Crippen LogP contribution < -0.4 is 4.90 Å². The zero-order valence-electron chi connectivity index (χ0n) is 10.5. The zero-order chi connectivity index (χ0) is 13.2. The molecule has 0 saturated heterocycles. The highest BCUT2D eigenvalue weighted by Crippen LogP contribution is 2.26. The standard InChI is InChI=1S/C13H16N2O2/c1-9-7-10(8-14)5-6-11(9)15(4)13(2,3)12(16)17/h5-7H,1-4H3,(H,16,17). The van der Waals surface area contributed by atoms with Crippen LogP contribution in [0, 0.1) is 18.3 Å². The highest BCUT2D eigenvalue weighted by atomic mass is 16.4. The van der Waals surface area contributed by atoms with Gasteiger partial charge in [0.2, 0.25) is 0 Å². The molecule has 0 bridgehead atoms. The number of aliphatic carboxylic acids is 1. The molecular formula is C13H16N2O2. The van der Waals surface area contributed by atoms with Gasteiger partial charge in [-0.2, -0.15) is 5.26 Å². The first-order valence-electron chi connectivity index (χ1n) is 5.28. The molecule has 1 aromatic rings. The smallest absolute Gasteiger partial charge is 0.328 e. The van der Waals surface area contributed by atoms with Crippen LogP contribution >= 0.6 is 0 Å². The Morgan fingerprint density at radius 3 is 2.47 bits per heavy atom. The van der Waals surface area contributed by atoms with Crippen LogP contribution in [0.25, 0.3) is 0 Å². The van der Waals surface area contributed by atoms with Gasteiger partial charge in [-0.25, -0.2) is 4.79 Å². The minimum Gasteiger partial charge on any atom is -0.480 e. The Labute approximate surface area is 101 Å². The number of carbonyl (C=O) groups is 1. The molecule has 90 valence electrons. The van der Waals surface area contributed by atoms with Gasteiger partial charge in [0, 0.05) is 12.7 Å². The van der Waals surface area contributed by atoms with Gasteiger partial charge >= 0.3 is 5.97 Å². The highest BCUT2D eigenvalue weighted by Gasteiger charge is 2.32. The number of carboxylic acid groups (broad SMARTS) is 1. The fraction of sp³-hybridized carbons (Fsp3) is 0.385. The van der Waals surface area contributed by atoms with E-state index in [-0.39, 0.29) is 0 Å². The summed E-state index contributed by atoms with van der Waals surface area (Å²) < 4.78 is 0. The van der Waals surface area contributed by atoms with Crippen LogP contribution in [0.15, 0.2) is 18.2 Å². The van der Waals surface area contributed by atoms with Crippen molar-refractivity contribution in [1.82, 2.24) is 0 Å². The van der Waals surface area contributed by atoms with E-state index in [4.69, 9.17) is 5.26 Å². The molecule has 0 aliphatic carbocycles. The Hall–Kier alpha value is -2.02. The van der Waals surface area contributed by atoms with Gasteiger partial charge in [-0.3, -0.25) is 0 Å². The van der Waals surface area contributed by atoms with Crippen molar-refractivity contribution in [2.45, 2.75) is 26.3 Å². The molecule has 0 radical (unpaired) electrons. The van der Waals surface area contributed by atoms with Gasteiger partial charge in [0.15, 0.2) is 0 Å². The monoisotopic (exact) mass is 232 g/mol. The van der Waals surface area contributed by atoms with Gasteiger partial charge in [-0.05, 0) is 44.5 Å². The molecular weight excluding hydrogens is 216 g/mol. The minimum atomic E-state index is -0.987. The molecule has 0 atom stereocenters. The molecule has 4 nitrogen and oxygen atoms in total. The Morgan fingerprint density at radius 1 is 1.47 bits per heavy atom. The summed E-state index contributed by atoms with van der Waals surface area (Å²) in [7, 11) is 1.74. The van der Waals surface area contributed by atoms with Crippen molar-refractivity contribution >= 4 is 11.7 Å². The van der Waals surface area contributed by atoms with E-state index in [1.807, 2.05) is 6.92 Å². The van der Waals surface area contributed by atoms with E-state index in [0.29, 0.717) is 5.56 Å². The Bertz CT molecular complexity index is 487. The van der Waals surface area contributed by atoms with Gasteiger partial charge in [0.1, 0.15) is 5.54 Å². The van der Waals surface area contributed by atoms with Crippen LogP contribution in [-0.4, -0.2) is 23.7 Å². The molecule has 0 aromatic heterocycles. The number of benzene rings is 1. The fourth-order valence-electron chi connectivity index (χ4n) is 1.55. The number of likely N-dealkylation sites (N-methyl/N-ethyl adjacent to an activating group) is 1. The maximum absolute atomic E-state index is 11.2. The quantitative estimate of drug-likeness (QED) is 0.867. The molecule has 1 rings (SSSR count). The van der Waals surface area contributed by atoms with Crippen LogP contribution in [0.2, 0.25) is 0 Å². The summed E-state index contributed by atoms with van der Waals surface area (Å²) in [5.41, 5.74) is 1.30.